The molecule has 0 aromatic heterocycles. The first kappa shape index (κ1) is 8.83. The van der Waals surface area contributed by atoms with E-state index in [2.05, 4.69) is 21.1 Å². The lowest BCUT2D eigenvalue weighted by atomic mass is 10.2. The van der Waals surface area contributed by atoms with Crippen LogP contribution < -0.4 is 0 Å². The summed E-state index contributed by atoms with van der Waals surface area (Å²) in [4.78, 5) is 20.8. The van der Waals surface area contributed by atoms with E-state index in [1.165, 1.54) is 0 Å². The maximum absolute atomic E-state index is 10.5. The van der Waals surface area contributed by atoms with Crippen molar-refractivity contribution in [3.05, 3.63) is 6.92 Å². The summed E-state index contributed by atoms with van der Waals surface area (Å²) >= 11 is 0. The van der Waals surface area contributed by atoms with Gasteiger partial charge in [0.1, 0.15) is 12.7 Å². The first-order chi connectivity index (χ1) is 5.59. The SMILES string of the molecule is [CH2]C(=O)OCC1OC(=O)OC1C. The summed E-state index contributed by atoms with van der Waals surface area (Å²) in [6.07, 6.45) is -1.62. The molecule has 1 rings (SSSR count). The van der Waals surface area contributed by atoms with Gasteiger partial charge in [0.2, 0.25) is 0 Å². The van der Waals surface area contributed by atoms with Gasteiger partial charge in [-0.25, -0.2) is 4.79 Å². The molecule has 0 saturated carbocycles. The molecule has 1 heterocycles. The highest BCUT2D eigenvalue weighted by atomic mass is 16.8. The van der Waals surface area contributed by atoms with Gasteiger partial charge in [-0.3, -0.25) is 4.79 Å². The third-order valence-corrected chi connectivity index (χ3v) is 1.46. The topological polar surface area (TPSA) is 61.8 Å². The number of esters is 1. The molecule has 0 N–H and O–H groups in total. The standard InChI is InChI=1S/C7H9O5/c1-4-6(3-10-5(2)8)12-7(9)11-4/h4,6H,2-3H2,1H3. The van der Waals surface area contributed by atoms with Gasteiger partial charge in [-0.05, 0) is 6.92 Å². The number of hydrogen-bond donors (Lipinski definition) is 0. The van der Waals surface area contributed by atoms with E-state index in [0.29, 0.717) is 0 Å². The van der Waals surface area contributed by atoms with Gasteiger partial charge in [-0.1, -0.05) is 0 Å². The van der Waals surface area contributed by atoms with Crippen molar-refractivity contribution in [2.24, 2.45) is 0 Å². The van der Waals surface area contributed by atoms with Crippen molar-refractivity contribution in [3.8, 4) is 0 Å². The molecule has 1 fully saturated rings. The average molecular weight is 173 g/mol. The molecule has 1 aliphatic rings. The molecule has 12 heavy (non-hydrogen) atoms. The summed E-state index contributed by atoms with van der Waals surface area (Å²) < 4.78 is 13.8. The van der Waals surface area contributed by atoms with E-state index in [-0.39, 0.29) is 12.7 Å². The van der Waals surface area contributed by atoms with Gasteiger partial charge in [0.15, 0.2) is 6.10 Å². The Kier molecular flexibility index (Phi) is 2.52. The zero-order chi connectivity index (χ0) is 9.14. The van der Waals surface area contributed by atoms with Gasteiger partial charge in [0.25, 0.3) is 0 Å². The molecule has 0 aromatic rings. The normalized spacial score (nSPS) is 27.7. The van der Waals surface area contributed by atoms with Crippen molar-refractivity contribution < 1.29 is 23.8 Å². The van der Waals surface area contributed by atoms with Gasteiger partial charge in [-0.15, -0.1) is 0 Å². The third-order valence-electron chi connectivity index (χ3n) is 1.46. The van der Waals surface area contributed by atoms with E-state index < -0.39 is 18.2 Å². The van der Waals surface area contributed by atoms with Crippen LogP contribution in [0.25, 0.3) is 0 Å². The predicted octanol–water partition coefficient (Wildman–Crippen LogP) is 0.288. The van der Waals surface area contributed by atoms with Crippen LogP contribution in [0.4, 0.5) is 4.79 Å². The van der Waals surface area contributed by atoms with Crippen LogP contribution >= 0.6 is 0 Å². The molecule has 2 atom stereocenters. The number of carbonyl (C=O) groups is 2. The van der Waals surface area contributed by atoms with Crippen LogP contribution in [0.3, 0.4) is 0 Å². The molecule has 1 saturated heterocycles. The van der Waals surface area contributed by atoms with Crippen molar-refractivity contribution in [2.75, 3.05) is 6.61 Å². The first-order valence-corrected chi connectivity index (χ1v) is 3.45. The Morgan fingerprint density at radius 3 is 2.75 bits per heavy atom. The Balaban J connectivity index is 2.33. The Bertz CT molecular complexity index is 200. The fourth-order valence-electron chi connectivity index (χ4n) is 0.819. The van der Waals surface area contributed by atoms with E-state index in [1.54, 1.807) is 6.92 Å². The van der Waals surface area contributed by atoms with Gasteiger partial charge in [0.05, 0.1) is 6.92 Å². The molecule has 1 radical (unpaired) electrons. The van der Waals surface area contributed by atoms with Crippen molar-refractivity contribution in [2.45, 2.75) is 19.1 Å². The van der Waals surface area contributed by atoms with Gasteiger partial charge in [0, 0.05) is 0 Å². The lowest BCUT2D eigenvalue weighted by molar-refractivity contribution is -0.140. The molecule has 1 aliphatic heterocycles. The Morgan fingerprint density at radius 1 is 1.67 bits per heavy atom. The summed E-state index contributed by atoms with van der Waals surface area (Å²) in [5, 5.41) is 0. The molecule has 0 aromatic carbocycles. The van der Waals surface area contributed by atoms with E-state index >= 15 is 0 Å². The number of hydrogen-bond acceptors (Lipinski definition) is 5. The predicted molar refractivity (Wildman–Crippen MR) is 37.1 cm³/mol. The Labute approximate surface area is 69.6 Å². The zero-order valence-electron chi connectivity index (χ0n) is 6.61. The molecular formula is C7H9O5. The molecule has 5 heteroatoms. The van der Waals surface area contributed by atoms with E-state index in [9.17, 15) is 9.59 Å². The summed E-state index contributed by atoms with van der Waals surface area (Å²) in [6.45, 7) is 4.66. The van der Waals surface area contributed by atoms with Crippen LogP contribution in [-0.2, 0) is 19.0 Å². The zero-order valence-corrected chi connectivity index (χ0v) is 6.61. The maximum Gasteiger partial charge on any atom is 0.509 e. The van der Waals surface area contributed by atoms with Crippen LogP contribution in [0.1, 0.15) is 6.92 Å². The largest absolute Gasteiger partial charge is 0.509 e. The molecular weight excluding hydrogens is 164 g/mol. The lowest BCUT2D eigenvalue weighted by Gasteiger charge is -2.09. The highest BCUT2D eigenvalue weighted by Crippen LogP contribution is 2.14. The summed E-state index contributed by atoms with van der Waals surface area (Å²) in [6, 6.07) is 0. The molecule has 0 spiro atoms. The number of rotatable bonds is 2. The Hall–Kier alpha value is -1.26. The molecule has 5 nitrogen and oxygen atoms in total. The van der Waals surface area contributed by atoms with Crippen LogP contribution in [-0.4, -0.2) is 30.9 Å². The first-order valence-electron chi connectivity index (χ1n) is 3.45. The minimum atomic E-state index is -0.729. The van der Waals surface area contributed by atoms with E-state index in [4.69, 9.17) is 0 Å². The molecule has 0 amide bonds. The molecule has 0 bridgehead atoms. The van der Waals surface area contributed by atoms with Crippen molar-refractivity contribution in [1.82, 2.24) is 0 Å². The number of cyclic esters (lactones) is 2. The van der Waals surface area contributed by atoms with Gasteiger partial charge >= 0.3 is 12.1 Å². The second-order valence-corrected chi connectivity index (χ2v) is 2.41. The summed E-state index contributed by atoms with van der Waals surface area (Å²) in [5.41, 5.74) is 0. The number of ether oxygens (including phenoxy) is 3. The maximum atomic E-state index is 10.5. The number of carbonyl (C=O) groups excluding carboxylic acids is 2. The highest BCUT2D eigenvalue weighted by Gasteiger charge is 2.33. The van der Waals surface area contributed by atoms with Gasteiger partial charge < -0.3 is 14.2 Å². The molecule has 0 aliphatic carbocycles. The fourth-order valence-corrected chi connectivity index (χ4v) is 0.819. The van der Waals surface area contributed by atoms with Crippen molar-refractivity contribution in [3.63, 3.8) is 0 Å². The van der Waals surface area contributed by atoms with Crippen LogP contribution in [0.15, 0.2) is 0 Å². The second kappa shape index (κ2) is 3.42. The Morgan fingerprint density at radius 2 is 2.33 bits per heavy atom. The minimum Gasteiger partial charge on any atom is -0.462 e. The van der Waals surface area contributed by atoms with Gasteiger partial charge in [-0.2, -0.15) is 0 Å². The minimum absolute atomic E-state index is 0.00472. The van der Waals surface area contributed by atoms with E-state index in [0.717, 1.165) is 0 Å². The van der Waals surface area contributed by atoms with Crippen LogP contribution in [0.5, 0.6) is 0 Å². The fraction of sp³-hybridized carbons (Fsp3) is 0.571. The van der Waals surface area contributed by atoms with Crippen molar-refractivity contribution in [1.29, 1.82) is 0 Å². The summed E-state index contributed by atoms with van der Waals surface area (Å²) in [7, 11) is 0. The lowest BCUT2D eigenvalue weighted by Crippen LogP contribution is -2.26. The van der Waals surface area contributed by atoms with E-state index in [1.807, 2.05) is 0 Å². The van der Waals surface area contributed by atoms with Crippen LogP contribution in [0.2, 0.25) is 0 Å². The third kappa shape index (κ3) is 2.11. The molecule has 2 unspecified atom stereocenters. The van der Waals surface area contributed by atoms with Crippen LogP contribution in [0, 0.1) is 6.92 Å². The van der Waals surface area contributed by atoms with Crippen molar-refractivity contribution >= 4 is 12.1 Å². The monoisotopic (exact) mass is 173 g/mol. The average Bonchev–Trinajstić information content (AvgIpc) is 2.26. The quantitative estimate of drug-likeness (QED) is 0.561. The highest BCUT2D eigenvalue weighted by molar-refractivity contribution is 5.73. The summed E-state index contributed by atoms with van der Waals surface area (Å²) in [5.74, 6) is -0.648. The smallest absolute Gasteiger partial charge is 0.462 e. The second-order valence-electron chi connectivity index (χ2n) is 2.41. The molecule has 67 valence electrons.